The molecule has 2 nitrogen and oxygen atoms in total. The molecule has 1 atom stereocenters. The lowest BCUT2D eigenvalue weighted by atomic mass is 9.95. The van der Waals surface area contributed by atoms with Crippen LogP contribution in [-0.2, 0) is 0 Å². The highest BCUT2D eigenvalue weighted by atomic mass is 16.3. The second-order valence-electron chi connectivity index (χ2n) is 5.23. The van der Waals surface area contributed by atoms with Gasteiger partial charge >= 0.3 is 0 Å². The van der Waals surface area contributed by atoms with Gasteiger partial charge < -0.3 is 10.4 Å². The van der Waals surface area contributed by atoms with Crippen LogP contribution in [0.5, 0.6) is 0 Å². The fraction of sp³-hybridized carbons (Fsp3) is 1.00. The summed E-state index contributed by atoms with van der Waals surface area (Å²) in [5.74, 6) is 0. The van der Waals surface area contributed by atoms with Crippen molar-refractivity contribution in [3.8, 4) is 0 Å². The summed E-state index contributed by atoms with van der Waals surface area (Å²) in [6, 6.07) is 0.613. The van der Waals surface area contributed by atoms with Gasteiger partial charge in [-0.25, -0.2) is 0 Å². The van der Waals surface area contributed by atoms with Crippen LogP contribution < -0.4 is 5.32 Å². The maximum absolute atomic E-state index is 9.62. The second-order valence-corrected chi connectivity index (χ2v) is 5.23. The Morgan fingerprint density at radius 3 is 2.07 bits per heavy atom. The molecule has 0 aromatic rings. The van der Waals surface area contributed by atoms with Crippen LogP contribution in [0.3, 0.4) is 0 Å². The summed E-state index contributed by atoms with van der Waals surface area (Å²) in [6.07, 6.45) is 7.71. The first kappa shape index (κ1) is 12.0. The van der Waals surface area contributed by atoms with Gasteiger partial charge in [0.1, 0.15) is 0 Å². The first-order chi connectivity index (χ1) is 6.52. The number of aliphatic hydroxyl groups excluding tert-OH is 1. The highest BCUT2D eigenvalue weighted by Gasteiger charge is 2.27. The molecule has 0 aromatic heterocycles. The van der Waals surface area contributed by atoms with Crippen LogP contribution >= 0.6 is 0 Å². The Bertz CT molecular complexity index is 158. The van der Waals surface area contributed by atoms with Gasteiger partial charge in [0, 0.05) is 11.6 Å². The van der Waals surface area contributed by atoms with Gasteiger partial charge in [-0.15, -0.1) is 0 Å². The molecule has 0 bridgehead atoms. The van der Waals surface area contributed by atoms with Crippen LogP contribution in [0, 0.1) is 0 Å². The van der Waals surface area contributed by atoms with E-state index in [1.807, 2.05) is 6.92 Å². The molecule has 1 fully saturated rings. The summed E-state index contributed by atoms with van der Waals surface area (Å²) in [6.45, 7) is 6.04. The molecule has 0 amide bonds. The van der Waals surface area contributed by atoms with E-state index < -0.39 is 0 Å². The molecule has 1 aliphatic carbocycles. The van der Waals surface area contributed by atoms with E-state index in [0.717, 1.165) is 0 Å². The molecular weight excluding hydrogens is 174 g/mol. The third kappa shape index (κ3) is 3.58. The Balaban J connectivity index is 2.41. The zero-order chi connectivity index (χ0) is 10.6. The molecule has 2 heteroatoms. The molecule has 14 heavy (non-hydrogen) atoms. The Morgan fingerprint density at radius 1 is 1.14 bits per heavy atom. The predicted octanol–water partition coefficient (Wildman–Crippen LogP) is 2.46. The largest absolute Gasteiger partial charge is 0.392 e. The fourth-order valence-electron chi connectivity index (χ4n) is 2.07. The molecule has 1 saturated carbocycles. The van der Waals surface area contributed by atoms with Gasteiger partial charge in [-0.3, -0.25) is 0 Å². The summed E-state index contributed by atoms with van der Waals surface area (Å²) in [5, 5.41) is 13.2. The van der Waals surface area contributed by atoms with Gasteiger partial charge in [-0.05, 0) is 33.6 Å². The molecular formula is C12H25NO. The van der Waals surface area contributed by atoms with Gasteiger partial charge in [-0.2, -0.15) is 0 Å². The molecule has 84 valence electrons. The molecule has 0 aliphatic heterocycles. The van der Waals surface area contributed by atoms with Gasteiger partial charge in [0.2, 0.25) is 0 Å². The van der Waals surface area contributed by atoms with Crippen molar-refractivity contribution in [2.45, 2.75) is 77.0 Å². The number of rotatable bonds is 3. The maximum Gasteiger partial charge on any atom is 0.0688 e. The topological polar surface area (TPSA) is 32.3 Å². The molecule has 0 radical (unpaired) electrons. The Hall–Kier alpha value is -0.0800. The summed E-state index contributed by atoms with van der Waals surface area (Å²) >= 11 is 0. The minimum absolute atomic E-state index is 0.144. The van der Waals surface area contributed by atoms with Crippen molar-refractivity contribution in [2.75, 3.05) is 0 Å². The normalized spacial score (nSPS) is 23.1. The fourth-order valence-corrected chi connectivity index (χ4v) is 2.07. The molecule has 2 N–H and O–H groups in total. The highest BCUT2D eigenvalue weighted by Crippen LogP contribution is 2.20. The van der Waals surface area contributed by atoms with E-state index in [9.17, 15) is 5.11 Å². The Labute approximate surface area is 88.1 Å². The van der Waals surface area contributed by atoms with E-state index in [1.54, 1.807) is 0 Å². The van der Waals surface area contributed by atoms with Crippen molar-refractivity contribution in [1.29, 1.82) is 0 Å². The van der Waals surface area contributed by atoms with Gasteiger partial charge in [0.25, 0.3) is 0 Å². The number of hydrogen-bond acceptors (Lipinski definition) is 2. The number of hydrogen-bond donors (Lipinski definition) is 2. The third-order valence-corrected chi connectivity index (χ3v) is 3.48. The molecule has 1 rings (SSSR count). The van der Waals surface area contributed by atoms with Crippen molar-refractivity contribution in [3.05, 3.63) is 0 Å². The summed E-state index contributed by atoms with van der Waals surface area (Å²) in [5.41, 5.74) is -0.144. The average Bonchev–Trinajstić information content (AvgIpc) is 2.32. The highest BCUT2D eigenvalue weighted by molar-refractivity contribution is 4.87. The van der Waals surface area contributed by atoms with Crippen molar-refractivity contribution in [3.63, 3.8) is 0 Å². The first-order valence-electron chi connectivity index (χ1n) is 5.98. The van der Waals surface area contributed by atoms with Crippen molar-refractivity contribution in [2.24, 2.45) is 0 Å². The predicted molar refractivity (Wildman–Crippen MR) is 60.4 cm³/mol. The smallest absolute Gasteiger partial charge is 0.0688 e. The minimum atomic E-state index is -0.286. The Kier molecular flexibility index (Phi) is 4.39. The second kappa shape index (κ2) is 5.13. The lowest BCUT2D eigenvalue weighted by molar-refractivity contribution is 0.0860. The lowest BCUT2D eigenvalue weighted by Crippen LogP contribution is -2.52. The summed E-state index contributed by atoms with van der Waals surface area (Å²) in [7, 11) is 0. The van der Waals surface area contributed by atoms with E-state index in [-0.39, 0.29) is 11.6 Å². The van der Waals surface area contributed by atoms with Gasteiger partial charge in [-0.1, -0.05) is 25.7 Å². The molecule has 0 aromatic carbocycles. The van der Waals surface area contributed by atoms with Crippen LogP contribution in [0.1, 0.15) is 59.3 Å². The zero-order valence-corrected chi connectivity index (χ0v) is 9.84. The Morgan fingerprint density at radius 2 is 1.64 bits per heavy atom. The van der Waals surface area contributed by atoms with Crippen LogP contribution in [0.25, 0.3) is 0 Å². The molecule has 0 spiro atoms. The van der Waals surface area contributed by atoms with Crippen LogP contribution in [0.4, 0.5) is 0 Å². The van der Waals surface area contributed by atoms with E-state index >= 15 is 0 Å². The van der Waals surface area contributed by atoms with E-state index in [1.165, 1.54) is 38.5 Å². The molecule has 1 aliphatic rings. The molecule has 1 unspecified atom stereocenters. The summed E-state index contributed by atoms with van der Waals surface area (Å²) < 4.78 is 0. The van der Waals surface area contributed by atoms with Crippen molar-refractivity contribution < 1.29 is 5.11 Å². The van der Waals surface area contributed by atoms with Crippen molar-refractivity contribution in [1.82, 2.24) is 5.32 Å². The van der Waals surface area contributed by atoms with E-state index in [0.29, 0.717) is 6.04 Å². The van der Waals surface area contributed by atoms with E-state index in [4.69, 9.17) is 0 Å². The number of nitrogens with one attached hydrogen (secondary N) is 1. The monoisotopic (exact) mass is 199 g/mol. The van der Waals surface area contributed by atoms with Gasteiger partial charge in [0.15, 0.2) is 0 Å². The lowest BCUT2D eigenvalue weighted by Gasteiger charge is -2.34. The third-order valence-electron chi connectivity index (χ3n) is 3.48. The maximum atomic E-state index is 9.62. The van der Waals surface area contributed by atoms with Crippen LogP contribution in [0.15, 0.2) is 0 Å². The summed E-state index contributed by atoms with van der Waals surface area (Å²) in [4.78, 5) is 0. The minimum Gasteiger partial charge on any atom is -0.392 e. The van der Waals surface area contributed by atoms with Crippen LogP contribution in [-0.4, -0.2) is 22.8 Å². The molecule has 0 saturated heterocycles. The first-order valence-corrected chi connectivity index (χ1v) is 5.98. The SMILES string of the molecule is CC(O)C(C)(C)NC1CCCCCC1. The molecule has 0 heterocycles. The van der Waals surface area contributed by atoms with E-state index in [2.05, 4.69) is 19.2 Å². The number of aliphatic hydroxyl groups is 1. The quantitative estimate of drug-likeness (QED) is 0.684. The van der Waals surface area contributed by atoms with Gasteiger partial charge in [0.05, 0.1) is 6.10 Å². The standard InChI is InChI=1S/C12H25NO/c1-10(14)12(2,3)13-11-8-6-4-5-7-9-11/h10-11,13-14H,4-9H2,1-3H3. The van der Waals surface area contributed by atoms with Crippen LogP contribution in [0.2, 0.25) is 0 Å². The zero-order valence-electron chi connectivity index (χ0n) is 9.84. The average molecular weight is 199 g/mol. The van der Waals surface area contributed by atoms with Crippen molar-refractivity contribution >= 4 is 0 Å².